The molecule has 0 spiro atoms. The van der Waals surface area contributed by atoms with Crippen LogP contribution >= 0.6 is 0 Å². The average Bonchev–Trinajstić information content (AvgIpc) is 2.39. The van der Waals surface area contributed by atoms with Crippen LogP contribution in [0.4, 0.5) is 5.69 Å². The molecule has 0 saturated carbocycles. The van der Waals surface area contributed by atoms with Crippen LogP contribution in [0.15, 0.2) is 24.3 Å². The van der Waals surface area contributed by atoms with Crippen LogP contribution in [0.3, 0.4) is 0 Å². The number of benzene rings is 1. The predicted octanol–water partition coefficient (Wildman–Crippen LogP) is 1.95. The van der Waals surface area contributed by atoms with E-state index in [0.29, 0.717) is 18.5 Å². The molecule has 1 aromatic carbocycles. The van der Waals surface area contributed by atoms with Gasteiger partial charge < -0.3 is 9.64 Å². The summed E-state index contributed by atoms with van der Waals surface area (Å²) in [4.78, 5) is 13.1. The molecule has 0 N–H and O–H groups in total. The maximum Gasteiger partial charge on any atom is 0.307 e. The first kappa shape index (κ1) is 13.0. The third-order valence-electron chi connectivity index (χ3n) is 2.56. The summed E-state index contributed by atoms with van der Waals surface area (Å²) in [5.41, 5.74) is 1.65. The number of rotatable bonds is 5. The summed E-state index contributed by atoms with van der Waals surface area (Å²) in [7, 11) is 1.39. The molecule has 0 radical (unpaired) electrons. The molecule has 1 aromatic rings. The van der Waals surface area contributed by atoms with Crippen LogP contribution in [0.5, 0.6) is 0 Å². The fraction of sp³-hybridized carbons (Fsp3) is 0.385. The largest absolute Gasteiger partial charge is 0.469 e. The molecule has 0 fully saturated rings. The van der Waals surface area contributed by atoms with Crippen molar-refractivity contribution in [2.75, 3.05) is 25.1 Å². The van der Waals surface area contributed by atoms with Crippen molar-refractivity contribution in [3.05, 3.63) is 29.8 Å². The van der Waals surface area contributed by atoms with Gasteiger partial charge in [-0.05, 0) is 31.2 Å². The number of hydrogen-bond donors (Lipinski definition) is 0. The first-order valence-electron chi connectivity index (χ1n) is 5.53. The second-order valence-corrected chi connectivity index (χ2v) is 3.56. The van der Waals surface area contributed by atoms with Gasteiger partial charge in [-0.25, -0.2) is 0 Å². The summed E-state index contributed by atoms with van der Waals surface area (Å²) in [5.74, 6) is -0.211. The van der Waals surface area contributed by atoms with Crippen LogP contribution in [0.2, 0.25) is 0 Å². The molecular formula is C13H16N2O2. The highest BCUT2D eigenvalue weighted by molar-refractivity contribution is 5.70. The zero-order valence-corrected chi connectivity index (χ0v) is 10.1. The molecular weight excluding hydrogens is 216 g/mol. The molecule has 4 heteroatoms. The molecule has 0 aliphatic carbocycles. The topological polar surface area (TPSA) is 53.3 Å². The lowest BCUT2D eigenvalue weighted by molar-refractivity contribution is -0.140. The number of ether oxygens (including phenoxy) is 1. The first-order valence-corrected chi connectivity index (χ1v) is 5.53. The molecule has 0 bridgehead atoms. The first-order chi connectivity index (χ1) is 8.21. The van der Waals surface area contributed by atoms with Crippen molar-refractivity contribution < 1.29 is 9.53 Å². The van der Waals surface area contributed by atoms with Crippen LogP contribution in [0.25, 0.3) is 0 Å². The van der Waals surface area contributed by atoms with Gasteiger partial charge in [-0.15, -0.1) is 0 Å². The third-order valence-corrected chi connectivity index (χ3v) is 2.56. The fourth-order valence-corrected chi connectivity index (χ4v) is 1.54. The van der Waals surface area contributed by atoms with Gasteiger partial charge in [0.05, 0.1) is 25.2 Å². The number of nitriles is 1. The van der Waals surface area contributed by atoms with Gasteiger partial charge in [0.1, 0.15) is 0 Å². The van der Waals surface area contributed by atoms with E-state index in [4.69, 9.17) is 5.26 Å². The maximum atomic E-state index is 11.1. The second kappa shape index (κ2) is 6.54. The monoisotopic (exact) mass is 232 g/mol. The molecule has 0 amide bonds. The average molecular weight is 232 g/mol. The number of nitrogens with zero attached hydrogens (tertiary/aromatic N) is 2. The molecule has 0 saturated heterocycles. The SMILES string of the molecule is CCN(CCC(=O)OC)c1ccc(C#N)cc1. The smallest absolute Gasteiger partial charge is 0.307 e. The molecule has 0 aromatic heterocycles. The highest BCUT2D eigenvalue weighted by Gasteiger charge is 2.07. The molecule has 17 heavy (non-hydrogen) atoms. The van der Waals surface area contributed by atoms with E-state index < -0.39 is 0 Å². The minimum absolute atomic E-state index is 0.211. The quantitative estimate of drug-likeness (QED) is 0.728. The molecule has 4 nitrogen and oxygen atoms in total. The number of esters is 1. The second-order valence-electron chi connectivity index (χ2n) is 3.56. The van der Waals surface area contributed by atoms with Gasteiger partial charge in [0, 0.05) is 18.8 Å². The standard InChI is InChI=1S/C13H16N2O2/c1-3-15(9-8-13(16)17-2)12-6-4-11(10-14)5-7-12/h4-7H,3,8-9H2,1-2H3. The van der Waals surface area contributed by atoms with Gasteiger partial charge in [0.15, 0.2) is 0 Å². The van der Waals surface area contributed by atoms with Crippen molar-refractivity contribution >= 4 is 11.7 Å². The van der Waals surface area contributed by atoms with Crippen LogP contribution in [0, 0.1) is 11.3 Å². The number of anilines is 1. The van der Waals surface area contributed by atoms with Crippen molar-refractivity contribution in [3.8, 4) is 6.07 Å². The number of carbonyl (C=O) groups is 1. The highest BCUT2D eigenvalue weighted by Crippen LogP contribution is 2.15. The van der Waals surface area contributed by atoms with E-state index >= 15 is 0 Å². The van der Waals surface area contributed by atoms with Crippen LogP contribution in [0.1, 0.15) is 18.9 Å². The Kier molecular flexibility index (Phi) is 5.02. The molecule has 0 atom stereocenters. The van der Waals surface area contributed by atoms with E-state index in [1.165, 1.54) is 7.11 Å². The number of hydrogen-bond acceptors (Lipinski definition) is 4. The summed E-state index contributed by atoms with van der Waals surface area (Å²) in [6.07, 6.45) is 0.365. The molecule has 0 aliphatic rings. The van der Waals surface area contributed by atoms with Gasteiger partial charge >= 0.3 is 5.97 Å². The minimum atomic E-state index is -0.211. The Morgan fingerprint density at radius 1 is 1.41 bits per heavy atom. The van der Waals surface area contributed by atoms with E-state index in [-0.39, 0.29) is 5.97 Å². The Hall–Kier alpha value is -2.02. The molecule has 0 aliphatic heterocycles. The summed E-state index contributed by atoms with van der Waals surface area (Å²) in [6, 6.07) is 9.40. The Morgan fingerprint density at radius 3 is 2.53 bits per heavy atom. The summed E-state index contributed by atoms with van der Waals surface area (Å²) in [5, 5.41) is 8.71. The van der Waals surface area contributed by atoms with E-state index in [1.807, 2.05) is 19.1 Å². The van der Waals surface area contributed by atoms with E-state index in [9.17, 15) is 4.79 Å². The Labute approximate surface area is 101 Å². The van der Waals surface area contributed by atoms with Gasteiger partial charge in [-0.2, -0.15) is 5.26 Å². The third kappa shape index (κ3) is 3.80. The van der Waals surface area contributed by atoms with Crippen molar-refractivity contribution in [3.63, 3.8) is 0 Å². The minimum Gasteiger partial charge on any atom is -0.469 e. The number of methoxy groups -OCH3 is 1. The van der Waals surface area contributed by atoms with Crippen molar-refractivity contribution in [1.82, 2.24) is 0 Å². The van der Waals surface area contributed by atoms with Gasteiger partial charge in [0.2, 0.25) is 0 Å². The fourth-order valence-electron chi connectivity index (χ4n) is 1.54. The molecule has 90 valence electrons. The molecule has 0 heterocycles. The van der Waals surface area contributed by atoms with E-state index in [1.54, 1.807) is 12.1 Å². The molecule has 0 unspecified atom stereocenters. The Bertz CT molecular complexity index is 406. The Morgan fingerprint density at radius 2 is 2.06 bits per heavy atom. The van der Waals surface area contributed by atoms with Crippen LogP contribution < -0.4 is 4.90 Å². The zero-order chi connectivity index (χ0) is 12.7. The van der Waals surface area contributed by atoms with Gasteiger partial charge in [0.25, 0.3) is 0 Å². The summed E-state index contributed by atoms with van der Waals surface area (Å²) >= 11 is 0. The maximum absolute atomic E-state index is 11.1. The van der Waals surface area contributed by atoms with Crippen molar-refractivity contribution in [2.24, 2.45) is 0 Å². The zero-order valence-electron chi connectivity index (χ0n) is 10.1. The van der Waals surface area contributed by atoms with Crippen LogP contribution in [-0.4, -0.2) is 26.2 Å². The van der Waals surface area contributed by atoms with Gasteiger partial charge in [-0.1, -0.05) is 0 Å². The lowest BCUT2D eigenvalue weighted by atomic mass is 10.2. The molecule has 1 rings (SSSR count). The number of carbonyl (C=O) groups excluding carboxylic acids is 1. The normalized spacial score (nSPS) is 9.47. The lowest BCUT2D eigenvalue weighted by Gasteiger charge is -2.22. The van der Waals surface area contributed by atoms with Crippen molar-refractivity contribution in [2.45, 2.75) is 13.3 Å². The van der Waals surface area contributed by atoms with E-state index in [0.717, 1.165) is 12.2 Å². The Balaban J connectivity index is 2.66. The summed E-state index contributed by atoms with van der Waals surface area (Å²) < 4.78 is 4.61. The predicted molar refractivity (Wildman–Crippen MR) is 65.7 cm³/mol. The lowest BCUT2D eigenvalue weighted by Crippen LogP contribution is -2.26. The van der Waals surface area contributed by atoms with E-state index in [2.05, 4.69) is 15.7 Å². The highest BCUT2D eigenvalue weighted by atomic mass is 16.5. The van der Waals surface area contributed by atoms with Crippen LogP contribution in [-0.2, 0) is 9.53 Å². The van der Waals surface area contributed by atoms with Crippen molar-refractivity contribution in [1.29, 1.82) is 5.26 Å². The summed E-state index contributed by atoms with van der Waals surface area (Å²) in [6.45, 7) is 3.45. The van der Waals surface area contributed by atoms with Gasteiger partial charge in [-0.3, -0.25) is 4.79 Å².